The van der Waals surface area contributed by atoms with Crippen LogP contribution in [0.1, 0.15) is 77.0 Å². The number of amides is 8. The highest BCUT2D eigenvalue weighted by molar-refractivity contribution is 5.98. The van der Waals surface area contributed by atoms with Gasteiger partial charge in [-0.1, -0.05) is 0 Å². The van der Waals surface area contributed by atoms with Gasteiger partial charge in [0.15, 0.2) is 0 Å². The Labute approximate surface area is 338 Å². The van der Waals surface area contributed by atoms with Crippen LogP contribution in [0.15, 0.2) is 0 Å². The zero-order chi connectivity index (χ0) is 44.7. The van der Waals surface area contributed by atoms with Gasteiger partial charge in [-0.2, -0.15) is 0 Å². The van der Waals surface area contributed by atoms with Gasteiger partial charge in [0, 0.05) is 13.0 Å². The number of carboxylic acids is 3. The third kappa shape index (κ3) is 19.8. The van der Waals surface area contributed by atoms with Crippen molar-refractivity contribution in [1.29, 1.82) is 0 Å². The van der Waals surface area contributed by atoms with Crippen LogP contribution in [0, 0.1) is 0 Å². The van der Waals surface area contributed by atoms with Gasteiger partial charge in [0.05, 0.1) is 32.0 Å². The summed E-state index contributed by atoms with van der Waals surface area (Å²) in [4.78, 5) is 138. The van der Waals surface area contributed by atoms with Crippen molar-refractivity contribution in [2.45, 2.75) is 113 Å². The summed E-state index contributed by atoms with van der Waals surface area (Å²) in [5, 5.41) is 41.0. The normalized spacial score (nSPS) is 15.9. The van der Waals surface area contributed by atoms with Crippen LogP contribution >= 0.6 is 0 Å². The van der Waals surface area contributed by atoms with Crippen LogP contribution in [0.3, 0.4) is 0 Å². The van der Waals surface area contributed by atoms with Gasteiger partial charge in [-0.25, -0.2) is 4.79 Å². The largest absolute Gasteiger partial charge is 0.481 e. The quantitative estimate of drug-likeness (QED) is 0.0312. The van der Waals surface area contributed by atoms with E-state index in [0.29, 0.717) is 38.6 Å². The molecule has 0 aromatic carbocycles. The maximum Gasteiger partial charge on any atom is 0.326 e. The third-order valence-corrected chi connectivity index (χ3v) is 8.90. The van der Waals surface area contributed by atoms with E-state index < -0.39 is 134 Å². The number of hydrogen-bond acceptors (Lipinski definition) is 14. The van der Waals surface area contributed by atoms with Gasteiger partial charge in [-0.05, 0) is 70.9 Å². The Hall–Kier alpha value is -5.95. The Bertz CT molecular complexity index is 1530. The minimum Gasteiger partial charge on any atom is -0.481 e. The summed E-state index contributed by atoms with van der Waals surface area (Å²) in [6.45, 7) is -0.806. The molecule has 0 aliphatic carbocycles. The van der Waals surface area contributed by atoms with E-state index in [1.165, 1.54) is 4.90 Å². The molecule has 1 aliphatic heterocycles. The van der Waals surface area contributed by atoms with Crippen LogP contribution in [0.2, 0.25) is 0 Å². The van der Waals surface area contributed by atoms with Crippen molar-refractivity contribution in [3.05, 3.63) is 0 Å². The molecule has 0 bridgehead atoms. The predicted molar refractivity (Wildman–Crippen MR) is 203 cm³/mol. The van der Waals surface area contributed by atoms with Crippen molar-refractivity contribution in [2.75, 3.05) is 32.7 Å². The number of aliphatic carboxylic acids is 3. The zero-order valence-electron chi connectivity index (χ0n) is 32.6. The maximum atomic E-state index is 13.9. The number of unbranched alkanes of at least 4 members (excludes halogenated alkanes) is 2. The van der Waals surface area contributed by atoms with Crippen molar-refractivity contribution < 1.29 is 68.1 Å². The molecule has 25 nitrogen and oxygen atoms in total. The summed E-state index contributed by atoms with van der Waals surface area (Å²) in [7, 11) is 0. The molecule has 1 fully saturated rings. The average Bonchev–Trinajstić information content (AvgIpc) is 3.66. The van der Waals surface area contributed by atoms with Crippen molar-refractivity contribution in [1.82, 2.24) is 36.8 Å². The lowest BCUT2D eigenvalue weighted by molar-refractivity contribution is -0.143. The van der Waals surface area contributed by atoms with E-state index in [0.717, 1.165) is 0 Å². The third-order valence-electron chi connectivity index (χ3n) is 8.90. The number of hydrogen-bond donors (Lipinski definition) is 13. The first kappa shape index (κ1) is 51.1. The van der Waals surface area contributed by atoms with Crippen LogP contribution in [0.25, 0.3) is 0 Å². The number of primary amides is 1. The lowest BCUT2D eigenvalue weighted by atomic mass is 10.1. The molecule has 1 heterocycles. The number of carbonyl (C=O) groups is 11. The van der Waals surface area contributed by atoms with Crippen LogP contribution in [0.4, 0.5) is 0 Å². The van der Waals surface area contributed by atoms with E-state index >= 15 is 0 Å². The van der Waals surface area contributed by atoms with Gasteiger partial charge in [0.2, 0.25) is 47.3 Å². The summed E-state index contributed by atoms with van der Waals surface area (Å²) in [6, 6.07) is -8.40. The summed E-state index contributed by atoms with van der Waals surface area (Å²) in [5.41, 5.74) is 22.0. The molecule has 6 atom stereocenters. The Balaban J connectivity index is 3.02. The fraction of sp³-hybridized carbons (Fsp3) is 0.676. The van der Waals surface area contributed by atoms with Gasteiger partial charge in [-0.15, -0.1) is 0 Å². The minimum atomic E-state index is -1.75. The molecule has 1 saturated heterocycles. The van der Waals surface area contributed by atoms with Crippen molar-refractivity contribution in [3.63, 3.8) is 0 Å². The van der Waals surface area contributed by atoms with Crippen LogP contribution in [-0.4, -0.2) is 154 Å². The van der Waals surface area contributed by atoms with Gasteiger partial charge in [0.25, 0.3) is 0 Å². The summed E-state index contributed by atoms with van der Waals surface area (Å²) in [5.74, 6) is -11.6. The summed E-state index contributed by atoms with van der Waals surface area (Å²) < 4.78 is 0. The second-order valence-electron chi connectivity index (χ2n) is 13.7. The predicted octanol–water partition coefficient (Wildman–Crippen LogP) is -5.97. The first-order valence-electron chi connectivity index (χ1n) is 19.0. The number of nitrogens with two attached hydrogens (primary N) is 4. The molecule has 0 saturated carbocycles. The molecule has 0 aromatic rings. The molecule has 1 rings (SSSR count). The van der Waals surface area contributed by atoms with Crippen LogP contribution < -0.4 is 54.8 Å². The first-order valence-corrected chi connectivity index (χ1v) is 19.0. The minimum absolute atomic E-state index is 0.0136. The molecule has 0 spiro atoms. The summed E-state index contributed by atoms with van der Waals surface area (Å²) >= 11 is 0. The number of carbonyl (C=O) groups excluding carboxylic acids is 8. The van der Waals surface area contributed by atoms with E-state index in [1.807, 2.05) is 0 Å². The molecular weight excluding hydrogens is 786 g/mol. The monoisotopic (exact) mass is 843 g/mol. The van der Waals surface area contributed by atoms with E-state index in [1.54, 1.807) is 0 Å². The second-order valence-corrected chi connectivity index (χ2v) is 13.7. The number of rotatable bonds is 29. The molecule has 0 aromatic heterocycles. The molecular formula is C34H57N11O14. The van der Waals surface area contributed by atoms with E-state index in [-0.39, 0.29) is 38.8 Å². The van der Waals surface area contributed by atoms with E-state index in [4.69, 9.17) is 28.0 Å². The molecule has 17 N–H and O–H groups in total. The molecule has 332 valence electrons. The highest BCUT2D eigenvalue weighted by Crippen LogP contribution is 2.20. The van der Waals surface area contributed by atoms with Gasteiger partial charge in [0.1, 0.15) is 30.2 Å². The number of carboxylic acid groups (broad SMARTS) is 3. The van der Waals surface area contributed by atoms with Crippen molar-refractivity contribution in [2.24, 2.45) is 22.9 Å². The maximum absolute atomic E-state index is 13.9. The standard InChI is InChI=1S/C34H57N11O14/c35-11-3-1-6-19(33(57)45-13-5-8-23(45)32(56)40-17-25(47)41-20(34(58)59)7-2-4-12-36)43-31(55)21(14-24(38)46)42-26(48)16-39-30(54)22(15-28(51)52)44-29(53)18(37)9-10-27(49)50/h18-23H,1-17,35-37H2,(H2,38,46)(H,39,54)(H,40,56)(H,41,47)(H,42,48)(H,43,55)(H,44,53)(H,49,50)(H,51,52)(H,58,59)/t18-,19-,20-,21-,22-,23-/m0/s1. The lowest BCUT2D eigenvalue weighted by Gasteiger charge is -2.30. The molecule has 0 radical (unpaired) electrons. The number of nitrogens with zero attached hydrogens (tertiary/aromatic N) is 1. The Morgan fingerprint density at radius 3 is 1.71 bits per heavy atom. The fourth-order valence-corrected chi connectivity index (χ4v) is 5.83. The van der Waals surface area contributed by atoms with Crippen molar-refractivity contribution >= 4 is 65.2 Å². The summed E-state index contributed by atoms with van der Waals surface area (Å²) in [6.07, 6.45) is -0.0597. The molecule has 0 unspecified atom stereocenters. The highest BCUT2D eigenvalue weighted by Gasteiger charge is 2.39. The topological polar surface area (TPSA) is 428 Å². The fourth-order valence-electron chi connectivity index (χ4n) is 5.83. The number of nitrogens with one attached hydrogen (secondary N) is 6. The Morgan fingerprint density at radius 2 is 1.17 bits per heavy atom. The Kier molecular flexibility index (Phi) is 23.3. The van der Waals surface area contributed by atoms with E-state index in [9.17, 15) is 63.0 Å². The van der Waals surface area contributed by atoms with Gasteiger partial charge < -0.3 is 75.1 Å². The smallest absolute Gasteiger partial charge is 0.326 e. The molecule has 1 aliphatic rings. The Morgan fingerprint density at radius 1 is 0.627 bits per heavy atom. The second kappa shape index (κ2) is 26.9. The molecule has 59 heavy (non-hydrogen) atoms. The molecule has 25 heteroatoms. The first-order chi connectivity index (χ1) is 27.8. The lowest BCUT2D eigenvalue weighted by Crippen LogP contribution is -2.58. The number of likely N-dealkylation sites (tertiary alicyclic amines) is 1. The van der Waals surface area contributed by atoms with Gasteiger partial charge in [-0.3, -0.25) is 47.9 Å². The highest BCUT2D eigenvalue weighted by atomic mass is 16.4. The molecule has 8 amide bonds. The van der Waals surface area contributed by atoms with Crippen molar-refractivity contribution in [3.8, 4) is 0 Å². The van der Waals surface area contributed by atoms with Crippen LogP contribution in [-0.2, 0) is 52.7 Å². The van der Waals surface area contributed by atoms with Gasteiger partial charge >= 0.3 is 17.9 Å². The average molecular weight is 844 g/mol. The SMILES string of the molecule is NCCCC[C@H](NC(=O)CNC(=O)[C@@H]1CCCN1C(=O)[C@H](CCCCN)NC(=O)[C@H](CC(N)=O)NC(=O)CNC(=O)[C@H](CC(=O)O)NC(=O)[C@@H](N)CCC(=O)O)C(=O)O. The van der Waals surface area contributed by atoms with Crippen LogP contribution in [0.5, 0.6) is 0 Å². The zero-order valence-corrected chi connectivity index (χ0v) is 32.6. The van der Waals surface area contributed by atoms with E-state index in [2.05, 4.69) is 31.9 Å².